The van der Waals surface area contributed by atoms with Crippen LogP contribution in [0.5, 0.6) is 5.75 Å². The number of aromatic hydroxyl groups is 1. The van der Waals surface area contributed by atoms with Gasteiger partial charge in [0.15, 0.2) is 17.4 Å². The molecular formula is C26H25F2N3O5. The number of benzene rings is 1. The van der Waals surface area contributed by atoms with Crippen LogP contribution in [0.2, 0.25) is 0 Å². The number of rotatable bonds is 6. The zero-order chi connectivity index (χ0) is 25.6. The number of aromatic nitrogens is 1. The highest BCUT2D eigenvalue weighted by Crippen LogP contribution is 2.37. The van der Waals surface area contributed by atoms with Gasteiger partial charge in [-0.2, -0.15) is 0 Å². The van der Waals surface area contributed by atoms with Gasteiger partial charge in [0.1, 0.15) is 5.76 Å². The fourth-order valence-corrected chi connectivity index (χ4v) is 5.51. The van der Waals surface area contributed by atoms with Crippen LogP contribution in [0, 0.1) is 17.6 Å². The van der Waals surface area contributed by atoms with E-state index in [1.165, 1.54) is 12.1 Å². The van der Waals surface area contributed by atoms with Crippen LogP contribution >= 0.6 is 0 Å². The third kappa shape index (κ3) is 4.56. The molecular weight excluding hydrogens is 472 g/mol. The average Bonchev–Trinajstić information content (AvgIpc) is 2.82. The molecule has 4 heterocycles. The highest BCUT2D eigenvalue weighted by atomic mass is 19.2. The van der Waals surface area contributed by atoms with E-state index in [0.29, 0.717) is 19.6 Å². The van der Waals surface area contributed by atoms with Crippen molar-refractivity contribution in [1.82, 2.24) is 9.47 Å². The lowest BCUT2D eigenvalue weighted by Gasteiger charge is -2.42. The van der Waals surface area contributed by atoms with E-state index >= 15 is 0 Å². The SMILES string of the molecule is NC(=O)CC(c1ccc(F)c(F)c1)c1oc(CN2CC3CC(C2)c2cccc(=O)n2C3)cc(=O)c1O. The lowest BCUT2D eigenvalue weighted by molar-refractivity contribution is -0.118. The molecule has 1 fully saturated rings. The lowest BCUT2D eigenvalue weighted by atomic mass is 9.83. The summed E-state index contributed by atoms with van der Waals surface area (Å²) in [6.45, 7) is 2.20. The first-order valence-corrected chi connectivity index (χ1v) is 11.7. The van der Waals surface area contributed by atoms with Crippen molar-refractivity contribution in [3.63, 3.8) is 0 Å². The maximum atomic E-state index is 13.9. The first-order valence-electron chi connectivity index (χ1n) is 11.7. The Morgan fingerprint density at radius 2 is 1.92 bits per heavy atom. The van der Waals surface area contributed by atoms with Gasteiger partial charge in [-0.25, -0.2) is 8.78 Å². The minimum Gasteiger partial charge on any atom is -0.502 e. The van der Waals surface area contributed by atoms with Crippen molar-refractivity contribution < 1.29 is 23.1 Å². The number of hydrogen-bond acceptors (Lipinski definition) is 6. The summed E-state index contributed by atoms with van der Waals surface area (Å²) in [4.78, 5) is 38.8. The molecule has 2 bridgehead atoms. The summed E-state index contributed by atoms with van der Waals surface area (Å²) in [6, 6.07) is 9.51. The van der Waals surface area contributed by atoms with E-state index in [1.807, 2.05) is 10.6 Å². The standard InChI is InChI=1S/C26H25F2N3O5/c27-19-5-4-15(7-20(19)28)18(9-23(29)33)26-25(35)22(32)8-17(36-26)13-30-10-14-6-16(12-30)21-2-1-3-24(34)31(21)11-14/h1-5,7-8,14,16,18,35H,6,9-13H2,(H2,29,33). The predicted molar refractivity (Wildman–Crippen MR) is 125 cm³/mol. The van der Waals surface area contributed by atoms with Gasteiger partial charge >= 0.3 is 0 Å². The topological polar surface area (TPSA) is 119 Å². The van der Waals surface area contributed by atoms with E-state index in [4.69, 9.17) is 10.2 Å². The normalized spacial score (nSPS) is 20.1. The molecule has 3 N–H and O–H groups in total. The third-order valence-electron chi connectivity index (χ3n) is 7.00. The molecule has 2 aliphatic heterocycles. The number of likely N-dealkylation sites (tertiary alicyclic amines) is 1. The maximum Gasteiger partial charge on any atom is 0.250 e. The van der Waals surface area contributed by atoms with Gasteiger partial charge in [-0.3, -0.25) is 19.3 Å². The molecule has 3 unspecified atom stereocenters. The van der Waals surface area contributed by atoms with Crippen molar-refractivity contribution >= 4 is 5.91 Å². The predicted octanol–water partition coefficient (Wildman–Crippen LogP) is 2.41. The number of primary amides is 1. The van der Waals surface area contributed by atoms with Gasteiger partial charge in [0.25, 0.3) is 5.56 Å². The number of amides is 1. The Hall–Kier alpha value is -3.79. The van der Waals surface area contributed by atoms with Crippen LogP contribution in [0.25, 0.3) is 0 Å². The first-order chi connectivity index (χ1) is 17.2. The van der Waals surface area contributed by atoms with E-state index in [9.17, 15) is 28.3 Å². The van der Waals surface area contributed by atoms with Crippen LogP contribution in [0.3, 0.4) is 0 Å². The Morgan fingerprint density at radius 3 is 2.67 bits per heavy atom. The monoisotopic (exact) mass is 497 g/mol. The lowest BCUT2D eigenvalue weighted by Crippen LogP contribution is -2.46. The van der Waals surface area contributed by atoms with Gasteiger partial charge in [0.05, 0.1) is 12.5 Å². The van der Waals surface area contributed by atoms with E-state index in [-0.39, 0.29) is 47.4 Å². The first kappa shape index (κ1) is 23.9. The Morgan fingerprint density at radius 1 is 1.11 bits per heavy atom. The number of carbonyl (C=O) groups excluding carboxylic acids is 1. The minimum absolute atomic E-state index is 0.0115. The van der Waals surface area contributed by atoms with E-state index in [2.05, 4.69) is 4.90 Å². The molecule has 0 saturated carbocycles. The summed E-state index contributed by atoms with van der Waals surface area (Å²) in [7, 11) is 0. The van der Waals surface area contributed by atoms with Crippen molar-refractivity contribution in [2.45, 2.75) is 37.8 Å². The quantitative estimate of drug-likeness (QED) is 0.540. The van der Waals surface area contributed by atoms with Gasteiger partial charge in [0, 0.05) is 49.8 Å². The number of halogens is 2. The summed E-state index contributed by atoms with van der Waals surface area (Å²) >= 11 is 0. The molecule has 0 radical (unpaired) electrons. The maximum absolute atomic E-state index is 13.9. The van der Waals surface area contributed by atoms with Crippen molar-refractivity contribution in [3.05, 3.63) is 97.5 Å². The van der Waals surface area contributed by atoms with Crippen LogP contribution < -0.4 is 16.7 Å². The molecule has 5 rings (SSSR count). The number of carbonyl (C=O) groups is 1. The van der Waals surface area contributed by atoms with Gasteiger partial charge in [-0.15, -0.1) is 0 Å². The number of fused-ring (bicyclic) bond motifs is 4. The van der Waals surface area contributed by atoms with Crippen LogP contribution in [0.1, 0.15) is 47.5 Å². The number of pyridine rings is 1. The van der Waals surface area contributed by atoms with Crippen molar-refractivity contribution in [2.75, 3.05) is 13.1 Å². The molecule has 1 amide bonds. The van der Waals surface area contributed by atoms with Gasteiger partial charge in [-0.05, 0) is 36.1 Å². The zero-order valence-electron chi connectivity index (χ0n) is 19.3. The van der Waals surface area contributed by atoms with E-state index in [1.54, 1.807) is 12.1 Å². The second kappa shape index (κ2) is 9.34. The molecule has 2 aromatic heterocycles. The largest absolute Gasteiger partial charge is 0.502 e. The van der Waals surface area contributed by atoms with Gasteiger partial charge in [-0.1, -0.05) is 12.1 Å². The summed E-state index contributed by atoms with van der Waals surface area (Å²) in [5, 5.41) is 10.5. The molecule has 2 aliphatic rings. The number of nitrogens with two attached hydrogens (primary N) is 1. The van der Waals surface area contributed by atoms with Crippen LogP contribution in [0.15, 0.2) is 56.5 Å². The smallest absolute Gasteiger partial charge is 0.250 e. The highest BCUT2D eigenvalue weighted by Gasteiger charge is 2.35. The van der Waals surface area contributed by atoms with Crippen LogP contribution in [0.4, 0.5) is 8.78 Å². The molecule has 188 valence electrons. The van der Waals surface area contributed by atoms with Gasteiger partial charge in [0.2, 0.25) is 17.1 Å². The van der Waals surface area contributed by atoms with Crippen LogP contribution in [-0.2, 0) is 17.9 Å². The zero-order valence-corrected chi connectivity index (χ0v) is 19.3. The van der Waals surface area contributed by atoms with Crippen LogP contribution in [-0.4, -0.2) is 33.6 Å². The molecule has 10 heteroatoms. The molecule has 1 saturated heterocycles. The van der Waals surface area contributed by atoms with Crippen molar-refractivity contribution in [1.29, 1.82) is 0 Å². The van der Waals surface area contributed by atoms with E-state index in [0.717, 1.165) is 24.2 Å². The van der Waals surface area contributed by atoms with Crippen molar-refractivity contribution in [2.24, 2.45) is 11.7 Å². The number of nitrogens with zero attached hydrogens (tertiary/aromatic N) is 2. The Labute approximate surface area is 204 Å². The molecule has 0 spiro atoms. The molecule has 8 nitrogen and oxygen atoms in total. The molecule has 3 aromatic rings. The minimum atomic E-state index is -1.14. The highest BCUT2D eigenvalue weighted by molar-refractivity contribution is 5.75. The molecule has 1 aromatic carbocycles. The Balaban J connectivity index is 1.46. The summed E-state index contributed by atoms with van der Waals surface area (Å²) in [5.74, 6) is -4.33. The van der Waals surface area contributed by atoms with Gasteiger partial charge < -0.3 is 19.8 Å². The molecule has 0 aliphatic carbocycles. The number of hydrogen-bond donors (Lipinski definition) is 2. The second-order valence-electron chi connectivity index (χ2n) is 9.58. The molecule has 36 heavy (non-hydrogen) atoms. The van der Waals surface area contributed by atoms with Crippen molar-refractivity contribution in [3.8, 4) is 5.75 Å². The molecule has 3 atom stereocenters. The summed E-state index contributed by atoms with van der Waals surface area (Å²) in [6.07, 6.45) is 0.575. The number of piperidine rings is 1. The second-order valence-corrected chi connectivity index (χ2v) is 9.58. The van der Waals surface area contributed by atoms with E-state index < -0.39 is 34.6 Å². The summed E-state index contributed by atoms with van der Waals surface area (Å²) in [5.41, 5.74) is 5.77. The summed E-state index contributed by atoms with van der Waals surface area (Å²) < 4.78 is 35.2. The fourth-order valence-electron chi connectivity index (χ4n) is 5.51. The fraction of sp³-hybridized carbons (Fsp3) is 0.346. The third-order valence-corrected chi connectivity index (χ3v) is 7.00. The Bertz CT molecular complexity index is 1450. The average molecular weight is 497 g/mol. The Kier molecular flexibility index (Phi) is 6.21.